The van der Waals surface area contributed by atoms with Crippen LogP contribution in [0.1, 0.15) is 142 Å². The highest BCUT2D eigenvalue weighted by Gasteiger charge is 2.21. The van der Waals surface area contributed by atoms with Gasteiger partial charge in [-0.2, -0.15) is 0 Å². The number of carboxylic acids is 2. The molecular weight excluding hydrogens is 807 g/mol. The smallest absolute Gasteiger partial charge is 0.326 e. The van der Waals surface area contributed by atoms with Gasteiger partial charge < -0.3 is 55.7 Å². The molecule has 0 saturated heterocycles. The fourth-order valence-corrected chi connectivity index (χ4v) is 6.41. The average Bonchev–Trinajstić information content (AvgIpc) is 3.23. The molecule has 62 heavy (non-hydrogen) atoms. The summed E-state index contributed by atoms with van der Waals surface area (Å²) < 4.78 is 21.4. The summed E-state index contributed by atoms with van der Waals surface area (Å²) in [5, 5.41) is 31.8. The van der Waals surface area contributed by atoms with Crippen LogP contribution in [0.3, 0.4) is 0 Å². The summed E-state index contributed by atoms with van der Waals surface area (Å²) in [4.78, 5) is 82.1. The summed E-state index contributed by atoms with van der Waals surface area (Å²) in [5.41, 5.74) is 0. The second kappa shape index (κ2) is 42.6. The number of nitrogens with one attached hydrogen (secondary N) is 5. The topological polar surface area (TPSA) is 257 Å². The monoisotopic (exact) mass is 888 g/mol. The molecule has 0 rings (SSSR count). The van der Waals surface area contributed by atoms with Gasteiger partial charge >= 0.3 is 11.9 Å². The van der Waals surface area contributed by atoms with Crippen LogP contribution >= 0.6 is 0 Å². The van der Waals surface area contributed by atoms with E-state index < -0.39 is 18.0 Å². The summed E-state index contributed by atoms with van der Waals surface area (Å²) in [6.07, 6.45) is 17.9. The van der Waals surface area contributed by atoms with Crippen molar-refractivity contribution in [2.24, 2.45) is 5.92 Å². The highest BCUT2D eigenvalue weighted by molar-refractivity contribution is 5.84. The number of hydrogen-bond donors (Lipinski definition) is 7. The number of carbonyl (C=O) groups excluding carboxylic acids is 5. The van der Waals surface area contributed by atoms with E-state index in [-0.39, 0.29) is 127 Å². The van der Waals surface area contributed by atoms with E-state index in [0.29, 0.717) is 19.5 Å². The fourth-order valence-electron chi connectivity index (χ4n) is 6.41. The standard InChI is InChI=1S/C44H81N5O13/c1-36(50)37(33-45-2)19-17-18-24-46-41(53)34-61-31-30-60-28-26-48-42(54)35-62-32-29-59-27-25-47-39(51)23-22-38(44(57)58)49-40(52)20-15-13-11-9-7-5-3-4-6-8-10-12-14-16-21-43(55)56/h37-38,45H,3-35H2,1-2H3,(H,46,53)(H,47,51)(H,48,54)(H,49,52)(H,55,56)(H,57,58)/t37-,38+/m1/s1. The maximum atomic E-state index is 12.3. The molecule has 18 heteroatoms. The third-order valence-corrected chi connectivity index (χ3v) is 10.0. The minimum Gasteiger partial charge on any atom is -0.481 e. The molecule has 2 atom stereocenters. The molecule has 0 bridgehead atoms. The van der Waals surface area contributed by atoms with Crippen LogP contribution in [0.25, 0.3) is 0 Å². The van der Waals surface area contributed by atoms with Crippen LogP contribution in [-0.4, -0.2) is 144 Å². The van der Waals surface area contributed by atoms with Crippen LogP contribution in [0.4, 0.5) is 0 Å². The van der Waals surface area contributed by atoms with Gasteiger partial charge in [-0.15, -0.1) is 0 Å². The number of aliphatic carboxylic acids is 2. The third-order valence-electron chi connectivity index (χ3n) is 10.0. The van der Waals surface area contributed by atoms with Gasteiger partial charge in [-0.3, -0.25) is 28.8 Å². The van der Waals surface area contributed by atoms with Gasteiger partial charge in [0.2, 0.25) is 23.6 Å². The first-order valence-electron chi connectivity index (χ1n) is 23.0. The molecule has 4 amide bonds. The first kappa shape index (κ1) is 58.3. The highest BCUT2D eigenvalue weighted by Crippen LogP contribution is 2.14. The molecule has 0 saturated carbocycles. The second-order valence-electron chi connectivity index (χ2n) is 15.6. The number of amides is 4. The number of carbonyl (C=O) groups is 7. The Morgan fingerprint density at radius 3 is 1.39 bits per heavy atom. The maximum Gasteiger partial charge on any atom is 0.326 e. The van der Waals surface area contributed by atoms with E-state index in [1.54, 1.807) is 6.92 Å². The summed E-state index contributed by atoms with van der Waals surface area (Å²) >= 11 is 0. The Bertz CT molecular complexity index is 1210. The van der Waals surface area contributed by atoms with E-state index in [1.807, 2.05) is 7.05 Å². The molecule has 0 aromatic heterocycles. The van der Waals surface area contributed by atoms with Crippen molar-refractivity contribution in [1.29, 1.82) is 0 Å². The lowest BCUT2D eigenvalue weighted by Gasteiger charge is -2.14. The van der Waals surface area contributed by atoms with Crippen molar-refractivity contribution < 1.29 is 62.7 Å². The first-order valence-corrected chi connectivity index (χ1v) is 23.0. The van der Waals surface area contributed by atoms with E-state index >= 15 is 0 Å². The lowest BCUT2D eigenvalue weighted by molar-refractivity contribution is -0.142. The average molecular weight is 888 g/mol. The van der Waals surface area contributed by atoms with Crippen molar-refractivity contribution in [2.75, 3.05) is 86.1 Å². The van der Waals surface area contributed by atoms with Gasteiger partial charge in [0.05, 0.1) is 39.6 Å². The van der Waals surface area contributed by atoms with Crippen molar-refractivity contribution in [3.63, 3.8) is 0 Å². The van der Waals surface area contributed by atoms with Crippen LogP contribution in [0.5, 0.6) is 0 Å². The molecule has 0 radical (unpaired) electrons. The minimum absolute atomic E-state index is 0.00176. The van der Waals surface area contributed by atoms with Crippen LogP contribution < -0.4 is 26.6 Å². The predicted molar refractivity (Wildman–Crippen MR) is 235 cm³/mol. The summed E-state index contributed by atoms with van der Waals surface area (Å²) in [7, 11) is 1.82. The zero-order valence-electron chi connectivity index (χ0n) is 37.9. The Kier molecular flexibility index (Phi) is 40.0. The number of ketones is 1. The third kappa shape index (κ3) is 40.4. The largest absolute Gasteiger partial charge is 0.481 e. The van der Waals surface area contributed by atoms with E-state index in [4.69, 9.17) is 24.1 Å². The van der Waals surface area contributed by atoms with Crippen LogP contribution in [0.2, 0.25) is 0 Å². The van der Waals surface area contributed by atoms with E-state index in [2.05, 4.69) is 26.6 Å². The van der Waals surface area contributed by atoms with Crippen LogP contribution in [0, 0.1) is 5.92 Å². The number of ether oxygens (including phenoxy) is 4. The fraction of sp³-hybridized carbons (Fsp3) is 0.841. The van der Waals surface area contributed by atoms with Crippen molar-refractivity contribution in [2.45, 2.75) is 148 Å². The van der Waals surface area contributed by atoms with E-state index in [1.165, 1.54) is 44.9 Å². The first-order chi connectivity index (χ1) is 30.0. The van der Waals surface area contributed by atoms with Gasteiger partial charge in [-0.1, -0.05) is 83.5 Å². The lowest BCUT2D eigenvalue weighted by atomic mass is 9.98. The number of Topliss-reactive ketones (excluding diaryl/α,β-unsaturated/α-hetero) is 1. The molecule has 0 spiro atoms. The molecular formula is C44H81N5O13. The molecule has 0 aromatic rings. The summed E-state index contributed by atoms with van der Waals surface area (Å²) in [6.45, 7) is 4.39. The van der Waals surface area contributed by atoms with Crippen molar-refractivity contribution >= 4 is 41.4 Å². The van der Waals surface area contributed by atoms with Crippen LogP contribution in [-0.2, 0) is 52.5 Å². The van der Waals surface area contributed by atoms with Crippen molar-refractivity contribution in [3.8, 4) is 0 Å². The Morgan fingerprint density at radius 1 is 0.468 bits per heavy atom. The Balaban J connectivity index is 3.66. The maximum absolute atomic E-state index is 12.3. The Hall–Kier alpha value is -3.71. The quantitative estimate of drug-likeness (QED) is 0.0431. The number of rotatable bonds is 46. The normalized spacial score (nSPS) is 12.0. The van der Waals surface area contributed by atoms with Gasteiger partial charge in [0.25, 0.3) is 0 Å². The molecule has 0 aliphatic heterocycles. The molecule has 0 aliphatic carbocycles. The molecule has 0 unspecified atom stereocenters. The van der Waals surface area contributed by atoms with Gasteiger partial charge in [0.15, 0.2) is 0 Å². The number of hydrogen-bond acceptors (Lipinski definition) is 12. The second-order valence-corrected chi connectivity index (χ2v) is 15.6. The van der Waals surface area contributed by atoms with E-state index in [0.717, 1.165) is 57.8 Å². The Morgan fingerprint density at radius 2 is 0.919 bits per heavy atom. The molecule has 7 N–H and O–H groups in total. The molecule has 0 fully saturated rings. The minimum atomic E-state index is -1.18. The highest BCUT2D eigenvalue weighted by atomic mass is 16.5. The number of carboxylic acid groups (broad SMARTS) is 2. The zero-order valence-corrected chi connectivity index (χ0v) is 37.9. The predicted octanol–water partition coefficient (Wildman–Crippen LogP) is 3.67. The van der Waals surface area contributed by atoms with Gasteiger partial charge in [-0.25, -0.2) is 4.79 Å². The summed E-state index contributed by atoms with van der Waals surface area (Å²) in [6, 6.07) is -1.14. The van der Waals surface area contributed by atoms with Gasteiger partial charge in [-0.05, 0) is 46.1 Å². The van der Waals surface area contributed by atoms with Crippen molar-refractivity contribution in [3.05, 3.63) is 0 Å². The Labute approximate surface area is 369 Å². The van der Waals surface area contributed by atoms with Gasteiger partial charge in [0, 0.05) is 51.4 Å². The molecule has 0 aliphatic rings. The number of unbranched alkanes of at least 4 members (excludes halogenated alkanes) is 14. The molecule has 18 nitrogen and oxygen atoms in total. The SMILES string of the molecule is CNC[C@@H](CCCCNC(=O)COCCOCCNC(=O)COCCOCCNC(=O)CC[C@H](NC(=O)CCCCCCCCCCCCCCCCC(=O)O)C(=O)O)C(C)=O. The zero-order chi connectivity index (χ0) is 45.9. The molecule has 0 aromatic carbocycles. The van der Waals surface area contributed by atoms with Crippen LogP contribution in [0.15, 0.2) is 0 Å². The van der Waals surface area contributed by atoms with E-state index in [9.17, 15) is 38.7 Å². The van der Waals surface area contributed by atoms with Crippen molar-refractivity contribution in [1.82, 2.24) is 26.6 Å². The molecule has 0 heterocycles. The summed E-state index contributed by atoms with van der Waals surface area (Å²) in [5.74, 6) is -2.94. The van der Waals surface area contributed by atoms with Gasteiger partial charge in [0.1, 0.15) is 25.0 Å². The molecule has 360 valence electrons. The lowest BCUT2D eigenvalue weighted by Crippen LogP contribution is -2.41.